The quantitative estimate of drug-likeness (QED) is 0.101. The highest BCUT2D eigenvalue weighted by Gasteiger charge is 2.33. The zero-order chi connectivity index (χ0) is 29.9. The zero-order valence-electron chi connectivity index (χ0n) is 24.3. The molecule has 3 heterocycles. The Kier molecular flexibility index (Phi) is 7.99. The minimum absolute atomic E-state index is 0.0879. The molecule has 218 valence electrons. The fourth-order valence-corrected chi connectivity index (χ4v) is 10.1. The summed E-state index contributed by atoms with van der Waals surface area (Å²) < 4.78 is 22.0. The topological polar surface area (TPSA) is 56.0 Å². The van der Waals surface area contributed by atoms with Crippen LogP contribution in [0.1, 0.15) is 18.3 Å². The smallest absolute Gasteiger partial charge is 0.187 e. The number of hydrogen-bond acceptors (Lipinski definition) is 5. The van der Waals surface area contributed by atoms with Gasteiger partial charge in [0.15, 0.2) is 5.16 Å². The summed E-state index contributed by atoms with van der Waals surface area (Å²) in [6.07, 6.45) is 5.54. The van der Waals surface area contributed by atoms with Gasteiger partial charge in [0.25, 0.3) is 0 Å². The fraction of sp³-hybridized carbons (Fsp3) is 0.139. The minimum atomic E-state index is -2.35. The predicted molar refractivity (Wildman–Crippen MR) is 180 cm³/mol. The van der Waals surface area contributed by atoms with E-state index in [4.69, 9.17) is 14.7 Å². The lowest BCUT2D eigenvalue weighted by Crippen LogP contribution is -2.26. The molecule has 0 saturated heterocycles. The predicted octanol–water partition coefficient (Wildman–Crippen LogP) is 7.53. The van der Waals surface area contributed by atoms with E-state index in [1.807, 2.05) is 12.3 Å². The molecule has 0 radical (unpaired) electrons. The van der Waals surface area contributed by atoms with Gasteiger partial charge in [-0.05, 0) is 43.0 Å². The van der Waals surface area contributed by atoms with Crippen molar-refractivity contribution in [2.45, 2.75) is 24.0 Å². The first-order chi connectivity index (χ1) is 21.7. The molecular weight excluding hydrogens is 584 g/mol. The molecule has 6 aromatic rings. The van der Waals surface area contributed by atoms with Gasteiger partial charge in [0, 0.05) is 34.1 Å². The van der Waals surface area contributed by atoms with E-state index in [0.29, 0.717) is 11.7 Å². The Morgan fingerprint density at radius 3 is 1.95 bits per heavy atom. The van der Waals surface area contributed by atoms with Crippen molar-refractivity contribution in [2.24, 2.45) is 4.74 Å². The van der Waals surface area contributed by atoms with Gasteiger partial charge in [0.05, 0.1) is 36.7 Å². The normalized spacial score (nSPS) is 14.4. The van der Waals surface area contributed by atoms with E-state index in [1.165, 1.54) is 39.8 Å². The summed E-state index contributed by atoms with van der Waals surface area (Å²) >= 11 is 1.51. The molecule has 0 saturated carbocycles. The van der Waals surface area contributed by atoms with Crippen LogP contribution < -0.4 is 15.9 Å². The highest BCUT2D eigenvalue weighted by Crippen LogP contribution is 2.48. The summed E-state index contributed by atoms with van der Waals surface area (Å²) in [5, 5.41) is 4.39. The molecule has 4 aromatic carbocycles. The van der Waals surface area contributed by atoms with Crippen molar-refractivity contribution in [2.75, 3.05) is 12.8 Å². The van der Waals surface area contributed by atoms with Gasteiger partial charge in [0.1, 0.15) is 11.6 Å². The summed E-state index contributed by atoms with van der Waals surface area (Å²) in [6.45, 7) is 0.617. The molecular formula is C36H31FN5PS. The van der Waals surface area contributed by atoms with Crippen molar-refractivity contribution in [1.82, 2.24) is 19.5 Å². The minimum Gasteiger partial charge on any atom is -0.321 e. The van der Waals surface area contributed by atoms with Gasteiger partial charge < -0.3 is 4.57 Å². The van der Waals surface area contributed by atoms with Crippen LogP contribution in [0, 0.1) is 5.82 Å². The third-order valence-corrected chi connectivity index (χ3v) is 12.4. The molecule has 0 N–H and O–H groups in total. The molecule has 0 aliphatic carbocycles. The summed E-state index contributed by atoms with van der Waals surface area (Å²) in [5.41, 5.74) is 3.42. The molecule has 0 fully saturated rings. The van der Waals surface area contributed by atoms with E-state index >= 15 is 0 Å². The van der Waals surface area contributed by atoms with Gasteiger partial charge in [-0.1, -0.05) is 103 Å². The molecule has 0 amide bonds. The Labute approximate surface area is 261 Å². The third kappa shape index (κ3) is 5.21. The number of thioether (sulfide) groups is 1. The van der Waals surface area contributed by atoms with Crippen molar-refractivity contribution in [3.8, 4) is 22.6 Å². The van der Waals surface area contributed by atoms with Crippen LogP contribution in [0.2, 0.25) is 0 Å². The fourth-order valence-electron chi connectivity index (χ4n) is 6.11. The van der Waals surface area contributed by atoms with Crippen LogP contribution in [0.4, 0.5) is 4.39 Å². The highest BCUT2D eigenvalue weighted by atomic mass is 32.2. The van der Waals surface area contributed by atoms with Crippen LogP contribution in [-0.2, 0) is 6.42 Å². The average Bonchev–Trinajstić information content (AvgIpc) is 3.67. The number of imidazole rings is 1. The van der Waals surface area contributed by atoms with Gasteiger partial charge in [-0.15, -0.1) is 0 Å². The molecule has 44 heavy (non-hydrogen) atoms. The van der Waals surface area contributed by atoms with Crippen molar-refractivity contribution in [3.63, 3.8) is 0 Å². The Morgan fingerprint density at radius 2 is 1.39 bits per heavy atom. The number of benzene rings is 4. The molecule has 5 nitrogen and oxygen atoms in total. The molecule has 1 aliphatic rings. The van der Waals surface area contributed by atoms with Crippen LogP contribution >= 0.6 is 18.8 Å². The van der Waals surface area contributed by atoms with E-state index in [9.17, 15) is 4.39 Å². The molecule has 2 aromatic heterocycles. The van der Waals surface area contributed by atoms with Gasteiger partial charge in [-0.3, -0.25) is 4.74 Å². The first-order valence-corrected chi connectivity index (χ1v) is 17.6. The molecule has 0 bridgehead atoms. The van der Waals surface area contributed by atoms with Crippen molar-refractivity contribution >= 4 is 34.7 Å². The van der Waals surface area contributed by atoms with Gasteiger partial charge >= 0.3 is 0 Å². The second-order valence-electron chi connectivity index (χ2n) is 10.7. The maximum absolute atomic E-state index is 13.9. The Bertz CT molecular complexity index is 1840. The van der Waals surface area contributed by atoms with Gasteiger partial charge in [0.2, 0.25) is 0 Å². The first-order valence-electron chi connectivity index (χ1n) is 14.7. The number of nitrogens with zero attached hydrogens (tertiary/aromatic N) is 5. The molecule has 0 spiro atoms. The number of aryl methyl sites for hydroxylation is 1. The van der Waals surface area contributed by atoms with Crippen LogP contribution in [0.15, 0.2) is 137 Å². The Morgan fingerprint density at radius 1 is 0.795 bits per heavy atom. The monoisotopic (exact) mass is 615 g/mol. The van der Waals surface area contributed by atoms with Crippen molar-refractivity contribution < 1.29 is 4.39 Å². The number of rotatable bonds is 8. The molecule has 7 rings (SSSR count). The van der Waals surface area contributed by atoms with Gasteiger partial charge in [-0.25, -0.2) is 19.3 Å². The van der Waals surface area contributed by atoms with Crippen molar-refractivity contribution in [1.29, 1.82) is 0 Å². The number of fused-ring (bicyclic) bond motifs is 1. The largest absolute Gasteiger partial charge is 0.321 e. The number of halogens is 1. The number of aromatic nitrogens is 4. The van der Waals surface area contributed by atoms with Crippen LogP contribution in [0.3, 0.4) is 0 Å². The van der Waals surface area contributed by atoms with E-state index < -0.39 is 7.05 Å². The highest BCUT2D eigenvalue weighted by molar-refractivity contribution is 7.98. The lowest BCUT2D eigenvalue weighted by atomic mass is 10.1. The SMILES string of the molecule is CSc1nccc(-c2c(-c3ccc(F)cc3)nc3n2[C@H](CN=P(c2ccccc2)(c2ccccc2)c2ccccc2)CC3)n1. The third-order valence-electron chi connectivity index (χ3n) is 8.12. The molecule has 1 atom stereocenters. The summed E-state index contributed by atoms with van der Waals surface area (Å²) in [4.78, 5) is 14.4. The summed E-state index contributed by atoms with van der Waals surface area (Å²) in [5.74, 6) is 0.736. The van der Waals surface area contributed by atoms with E-state index in [2.05, 4.69) is 101 Å². The van der Waals surface area contributed by atoms with Crippen LogP contribution in [-0.4, -0.2) is 32.3 Å². The van der Waals surface area contributed by atoms with Crippen LogP contribution in [0.25, 0.3) is 22.6 Å². The second kappa shape index (κ2) is 12.4. The maximum atomic E-state index is 13.9. The van der Waals surface area contributed by atoms with E-state index in [0.717, 1.165) is 41.3 Å². The lowest BCUT2D eigenvalue weighted by Gasteiger charge is -2.28. The standard InChI is InChI=1S/C36H31FN5PS/c1-44-36-38-24-23-32(40-36)35-34(26-17-19-27(37)20-18-26)41-33-22-21-28(42(33)35)25-39-43(29-11-5-2-6-12-29,30-13-7-3-8-14-30)31-15-9-4-10-16-31/h2-20,23-24,28H,21-22,25H2,1H3/t28-/m0/s1. The van der Waals surface area contributed by atoms with Gasteiger partial charge in [-0.2, -0.15) is 0 Å². The Hall–Kier alpha value is -4.32. The van der Waals surface area contributed by atoms with E-state index in [-0.39, 0.29) is 11.9 Å². The Balaban J connectivity index is 1.42. The average molecular weight is 616 g/mol. The molecule has 8 heteroatoms. The van der Waals surface area contributed by atoms with E-state index in [1.54, 1.807) is 18.3 Å². The van der Waals surface area contributed by atoms with Crippen LogP contribution in [0.5, 0.6) is 0 Å². The molecule has 1 aliphatic heterocycles. The number of hydrogen-bond donors (Lipinski definition) is 0. The first kappa shape index (κ1) is 28.5. The lowest BCUT2D eigenvalue weighted by molar-refractivity contribution is 0.546. The maximum Gasteiger partial charge on any atom is 0.187 e. The summed E-state index contributed by atoms with van der Waals surface area (Å²) in [7, 11) is -2.35. The second-order valence-corrected chi connectivity index (χ2v) is 14.6. The zero-order valence-corrected chi connectivity index (χ0v) is 26.0. The van der Waals surface area contributed by atoms with Crippen molar-refractivity contribution in [3.05, 3.63) is 139 Å². The summed E-state index contributed by atoms with van der Waals surface area (Å²) in [6, 6.07) is 40.8. The molecule has 0 unspecified atom stereocenters.